The van der Waals surface area contributed by atoms with Gasteiger partial charge in [0.2, 0.25) is 0 Å². The van der Waals surface area contributed by atoms with Crippen molar-refractivity contribution in [2.45, 2.75) is 6.61 Å². The molecule has 3 aromatic carbocycles. The normalized spacial score (nSPS) is 10.8. The number of phenols is 1. The van der Waals surface area contributed by atoms with Crippen LogP contribution in [-0.2, 0) is 6.61 Å². The van der Waals surface area contributed by atoms with E-state index in [9.17, 15) is 9.90 Å². The second-order valence-corrected chi connectivity index (χ2v) is 7.52. The predicted octanol–water partition coefficient (Wildman–Crippen LogP) is 5.70. The number of aromatic hydroxyl groups is 1. The summed E-state index contributed by atoms with van der Waals surface area (Å²) in [6.45, 7) is 0.162. The monoisotopic (exact) mass is 478 g/mol. The number of nitrogens with one attached hydrogen (secondary N) is 1. The third-order valence-corrected chi connectivity index (χ3v) is 5.06. The molecule has 2 N–H and O–H groups in total. The molecular weight excluding hydrogens is 463 g/mol. The minimum atomic E-state index is -0.467. The quantitative estimate of drug-likeness (QED) is 0.336. The van der Waals surface area contributed by atoms with E-state index in [0.717, 1.165) is 5.56 Å². The zero-order chi connectivity index (χ0) is 22.4. The Kier molecular flexibility index (Phi) is 7.63. The minimum absolute atomic E-state index is 0.103. The van der Waals surface area contributed by atoms with Gasteiger partial charge in [-0.25, -0.2) is 5.43 Å². The van der Waals surface area contributed by atoms with E-state index in [-0.39, 0.29) is 23.1 Å². The van der Waals surface area contributed by atoms with Gasteiger partial charge in [0, 0.05) is 15.6 Å². The van der Waals surface area contributed by atoms with E-state index >= 15 is 0 Å². The number of halogens is 3. The summed E-state index contributed by atoms with van der Waals surface area (Å²) in [6.07, 6.45) is 1.38. The summed E-state index contributed by atoms with van der Waals surface area (Å²) in [7, 11) is 1.40. The summed E-state index contributed by atoms with van der Waals surface area (Å²) < 4.78 is 10.8. The van der Waals surface area contributed by atoms with Gasteiger partial charge in [-0.3, -0.25) is 4.79 Å². The number of amides is 1. The zero-order valence-corrected chi connectivity index (χ0v) is 18.5. The third kappa shape index (κ3) is 5.82. The highest BCUT2D eigenvalue weighted by molar-refractivity contribution is 6.35. The molecule has 0 aromatic heterocycles. The molecule has 3 rings (SSSR count). The number of hydrogen-bond donors (Lipinski definition) is 2. The Morgan fingerprint density at radius 3 is 2.58 bits per heavy atom. The summed E-state index contributed by atoms with van der Waals surface area (Å²) in [5.41, 5.74) is 4.00. The smallest absolute Gasteiger partial charge is 0.275 e. The fourth-order valence-electron chi connectivity index (χ4n) is 2.62. The molecule has 0 aliphatic rings. The van der Waals surface area contributed by atoms with Gasteiger partial charge in [-0.2, -0.15) is 5.10 Å². The Morgan fingerprint density at radius 1 is 1.06 bits per heavy atom. The first-order valence-electron chi connectivity index (χ1n) is 8.94. The summed E-state index contributed by atoms with van der Waals surface area (Å²) in [5, 5.41) is 14.8. The zero-order valence-electron chi connectivity index (χ0n) is 16.2. The molecule has 0 atom stereocenters. The molecule has 0 spiro atoms. The first-order chi connectivity index (χ1) is 14.9. The van der Waals surface area contributed by atoms with Crippen LogP contribution in [0.5, 0.6) is 17.2 Å². The Labute approximate surface area is 194 Å². The lowest BCUT2D eigenvalue weighted by Gasteiger charge is -2.11. The molecule has 6 nitrogen and oxygen atoms in total. The molecule has 3 aromatic rings. The lowest BCUT2D eigenvalue weighted by molar-refractivity contribution is 0.0950. The van der Waals surface area contributed by atoms with Crippen molar-refractivity contribution in [2.75, 3.05) is 7.11 Å². The lowest BCUT2D eigenvalue weighted by Crippen LogP contribution is -2.18. The fraction of sp³-hybridized carbons (Fsp3) is 0.0909. The van der Waals surface area contributed by atoms with Crippen LogP contribution in [0.2, 0.25) is 15.1 Å². The molecule has 0 saturated carbocycles. The van der Waals surface area contributed by atoms with Gasteiger partial charge < -0.3 is 14.6 Å². The van der Waals surface area contributed by atoms with Crippen molar-refractivity contribution in [3.63, 3.8) is 0 Å². The van der Waals surface area contributed by atoms with Gasteiger partial charge in [0.05, 0.1) is 23.9 Å². The van der Waals surface area contributed by atoms with Crippen LogP contribution >= 0.6 is 34.8 Å². The van der Waals surface area contributed by atoms with Crippen LogP contribution in [-0.4, -0.2) is 24.3 Å². The molecule has 0 bridgehead atoms. The van der Waals surface area contributed by atoms with Gasteiger partial charge in [-0.15, -0.1) is 0 Å². The summed E-state index contributed by atoms with van der Waals surface area (Å²) in [6, 6.07) is 14.9. The lowest BCUT2D eigenvalue weighted by atomic mass is 10.2. The number of hydrazone groups is 1. The number of carbonyl (C=O) groups excluding carboxylic acids is 1. The first-order valence-corrected chi connectivity index (χ1v) is 10.1. The van der Waals surface area contributed by atoms with Crippen molar-refractivity contribution in [2.24, 2.45) is 5.10 Å². The Hall–Kier alpha value is -2.93. The van der Waals surface area contributed by atoms with E-state index in [1.165, 1.54) is 25.5 Å². The number of ether oxygens (including phenoxy) is 2. The summed E-state index contributed by atoms with van der Waals surface area (Å²) in [4.78, 5) is 12.6. The van der Waals surface area contributed by atoms with Crippen LogP contribution in [0.15, 0.2) is 59.7 Å². The highest BCUT2D eigenvalue weighted by Gasteiger charge is 2.13. The maximum Gasteiger partial charge on any atom is 0.275 e. The van der Waals surface area contributed by atoms with Gasteiger partial charge in [0.1, 0.15) is 12.4 Å². The highest BCUT2D eigenvalue weighted by Crippen LogP contribution is 2.34. The fourth-order valence-corrected chi connectivity index (χ4v) is 3.31. The Bertz CT molecular complexity index is 1140. The van der Waals surface area contributed by atoms with E-state index in [4.69, 9.17) is 44.3 Å². The number of para-hydroxylation sites is 1. The SMILES string of the molecule is COc1cc(/C=N/NC(=O)c2ccccc2OCc2ccc(Cl)cc2Cl)cc(Cl)c1O. The maximum atomic E-state index is 12.6. The number of benzene rings is 3. The molecule has 1 amide bonds. The summed E-state index contributed by atoms with van der Waals surface area (Å²) >= 11 is 18.0. The molecule has 160 valence electrons. The van der Waals surface area contributed by atoms with Gasteiger partial charge in [0.15, 0.2) is 11.5 Å². The van der Waals surface area contributed by atoms with Crippen LogP contribution in [0.3, 0.4) is 0 Å². The number of phenolic OH excluding ortho intramolecular Hbond substituents is 1. The molecule has 0 heterocycles. The number of methoxy groups -OCH3 is 1. The van der Waals surface area contributed by atoms with E-state index in [2.05, 4.69) is 10.5 Å². The molecule has 0 aliphatic carbocycles. The van der Waals surface area contributed by atoms with Crippen molar-refractivity contribution in [3.8, 4) is 17.2 Å². The van der Waals surface area contributed by atoms with Crippen LogP contribution in [0, 0.1) is 0 Å². The van der Waals surface area contributed by atoms with Crippen LogP contribution in [0.4, 0.5) is 0 Å². The average molecular weight is 480 g/mol. The van der Waals surface area contributed by atoms with Gasteiger partial charge in [-0.1, -0.05) is 53.0 Å². The topological polar surface area (TPSA) is 80.2 Å². The average Bonchev–Trinajstić information content (AvgIpc) is 2.75. The molecule has 9 heteroatoms. The third-order valence-electron chi connectivity index (χ3n) is 4.18. The van der Waals surface area contributed by atoms with Crippen molar-refractivity contribution in [1.29, 1.82) is 0 Å². The Balaban J connectivity index is 1.70. The van der Waals surface area contributed by atoms with Gasteiger partial charge in [-0.05, 0) is 42.0 Å². The maximum absolute atomic E-state index is 12.6. The van der Waals surface area contributed by atoms with Crippen molar-refractivity contribution >= 4 is 46.9 Å². The Morgan fingerprint density at radius 2 is 1.84 bits per heavy atom. The van der Waals surface area contributed by atoms with Crippen molar-refractivity contribution < 1.29 is 19.4 Å². The largest absolute Gasteiger partial charge is 0.503 e. The van der Waals surface area contributed by atoms with Crippen molar-refractivity contribution in [1.82, 2.24) is 5.43 Å². The van der Waals surface area contributed by atoms with E-state index in [1.54, 1.807) is 42.5 Å². The van der Waals surface area contributed by atoms with Crippen LogP contribution in [0.25, 0.3) is 0 Å². The van der Waals surface area contributed by atoms with Crippen LogP contribution < -0.4 is 14.9 Å². The predicted molar refractivity (Wildman–Crippen MR) is 122 cm³/mol. The highest BCUT2D eigenvalue weighted by atomic mass is 35.5. The molecular formula is C22H17Cl3N2O4. The summed E-state index contributed by atoms with van der Waals surface area (Å²) in [5.74, 6) is -0.0708. The van der Waals surface area contributed by atoms with Gasteiger partial charge in [0.25, 0.3) is 5.91 Å². The van der Waals surface area contributed by atoms with Crippen LogP contribution in [0.1, 0.15) is 21.5 Å². The second-order valence-electron chi connectivity index (χ2n) is 6.27. The van der Waals surface area contributed by atoms with E-state index in [1.807, 2.05) is 0 Å². The standard InChI is InChI=1S/C22H17Cl3N2O4/c1-30-20-9-13(8-18(25)21(20)28)11-26-27-22(29)16-4-2-3-5-19(16)31-12-14-6-7-15(23)10-17(14)24/h2-11,28H,12H2,1H3,(H,27,29)/b26-11+. The number of rotatable bonds is 7. The molecule has 0 unspecified atom stereocenters. The number of hydrogen-bond acceptors (Lipinski definition) is 5. The second kappa shape index (κ2) is 10.4. The molecule has 0 saturated heterocycles. The molecule has 31 heavy (non-hydrogen) atoms. The number of carbonyl (C=O) groups is 1. The van der Waals surface area contributed by atoms with E-state index < -0.39 is 5.91 Å². The molecule has 0 fully saturated rings. The van der Waals surface area contributed by atoms with Gasteiger partial charge >= 0.3 is 0 Å². The molecule has 0 aliphatic heterocycles. The van der Waals surface area contributed by atoms with Crippen molar-refractivity contribution in [3.05, 3.63) is 86.4 Å². The van der Waals surface area contributed by atoms with E-state index in [0.29, 0.717) is 26.9 Å². The minimum Gasteiger partial charge on any atom is -0.503 e. The molecule has 0 radical (unpaired) electrons. The first kappa shape index (κ1) is 22.7. The number of nitrogens with zero attached hydrogens (tertiary/aromatic N) is 1.